The zero-order chi connectivity index (χ0) is 21.1. The Balaban J connectivity index is 1.46. The van der Waals surface area contributed by atoms with Crippen LogP contribution in [0.4, 0.5) is 4.79 Å². The highest BCUT2D eigenvalue weighted by molar-refractivity contribution is 8.14. The number of nitrogens with zero attached hydrogens (tertiary/aromatic N) is 3. The minimum atomic E-state index is -0.828. The third-order valence-electron chi connectivity index (χ3n) is 4.74. The van der Waals surface area contributed by atoms with Crippen molar-refractivity contribution in [1.82, 2.24) is 9.80 Å². The Kier molecular flexibility index (Phi) is 6.08. The summed E-state index contributed by atoms with van der Waals surface area (Å²) in [5, 5.41) is 8.75. The molecular weight excluding hydrogens is 422 g/mol. The molecule has 152 valence electrons. The van der Waals surface area contributed by atoms with E-state index in [1.165, 1.54) is 11.8 Å². The molecule has 2 aromatic rings. The third kappa shape index (κ3) is 4.07. The van der Waals surface area contributed by atoms with Crippen molar-refractivity contribution in [1.29, 1.82) is 5.26 Å². The molecule has 0 N–H and O–H groups in total. The van der Waals surface area contributed by atoms with Gasteiger partial charge in [-0.3, -0.25) is 14.4 Å². The van der Waals surface area contributed by atoms with Crippen LogP contribution in [0.3, 0.4) is 0 Å². The SMILES string of the molecule is N#Cc1ccc2c(c1)C(=O)N(CCOC(c1ccccc1)N1C(=O)CSC1=O)CS2. The first kappa shape index (κ1) is 20.5. The van der Waals surface area contributed by atoms with Gasteiger partial charge in [-0.1, -0.05) is 42.1 Å². The molecule has 1 fully saturated rings. The van der Waals surface area contributed by atoms with Crippen molar-refractivity contribution >= 4 is 40.6 Å². The van der Waals surface area contributed by atoms with Gasteiger partial charge >= 0.3 is 0 Å². The third-order valence-corrected chi connectivity index (χ3v) is 6.69. The fourth-order valence-electron chi connectivity index (χ4n) is 3.24. The van der Waals surface area contributed by atoms with E-state index in [9.17, 15) is 14.4 Å². The molecule has 2 aromatic carbocycles. The Morgan fingerprint density at radius 2 is 1.90 bits per heavy atom. The Hall–Kier alpha value is -2.80. The predicted octanol–water partition coefficient (Wildman–Crippen LogP) is 3.47. The topological polar surface area (TPSA) is 90.7 Å². The quantitative estimate of drug-likeness (QED) is 0.681. The van der Waals surface area contributed by atoms with Crippen LogP contribution < -0.4 is 0 Å². The van der Waals surface area contributed by atoms with E-state index in [1.807, 2.05) is 18.2 Å². The standard InChI is InChI=1S/C21H17N3O4S2/c22-11-14-6-7-17-16(10-14)19(26)23(13-30-17)8-9-28-20(15-4-2-1-3-5-15)24-18(25)12-29-21(24)27/h1-7,10,20H,8-9,12-13H2. The van der Waals surface area contributed by atoms with Crippen LogP contribution in [0.15, 0.2) is 53.4 Å². The Morgan fingerprint density at radius 3 is 2.60 bits per heavy atom. The normalized spacial score (nSPS) is 17.1. The maximum absolute atomic E-state index is 12.8. The second-order valence-electron chi connectivity index (χ2n) is 6.62. The molecule has 1 atom stereocenters. The largest absolute Gasteiger partial charge is 0.352 e. The molecule has 2 heterocycles. The van der Waals surface area contributed by atoms with Gasteiger partial charge in [-0.15, -0.1) is 11.8 Å². The highest BCUT2D eigenvalue weighted by atomic mass is 32.2. The fourth-order valence-corrected chi connectivity index (χ4v) is 4.97. The van der Waals surface area contributed by atoms with Crippen LogP contribution in [0.1, 0.15) is 27.7 Å². The van der Waals surface area contributed by atoms with Crippen LogP contribution in [-0.2, 0) is 9.53 Å². The van der Waals surface area contributed by atoms with Crippen molar-refractivity contribution in [3.8, 4) is 6.07 Å². The summed E-state index contributed by atoms with van der Waals surface area (Å²) in [6, 6.07) is 16.2. The first-order valence-electron chi connectivity index (χ1n) is 9.20. The molecule has 0 aliphatic carbocycles. The number of ether oxygens (including phenoxy) is 1. The second kappa shape index (κ2) is 8.92. The fraction of sp³-hybridized carbons (Fsp3) is 0.238. The molecule has 0 aromatic heterocycles. The van der Waals surface area contributed by atoms with E-state index in [0.717, 1.165) is 21.6 Å². The van der Waals surface area contributed by atoms with E-state index < -0.39 is 6.23 Å². The first-order chi connectivity index (χ1) is 14.6. The van der Waals surface area contributed by atoms with Crippen molar-refractivity contribution < 1.29 is 19.1 Å². The predicted molar refractivity (Wildman–Crippen MR) is 113 cm³/mol. The molecule has 4 rings (SSSR count). The zero-order valence-corrected chi connectivity index (χ0v) is 17.4. The van der Waals surface area contributed by atoms with Gasteiger partial charge in [-0.25, -0.2) is 4.90 Å². The minimum absolute atomic E-state index is 0.102. The monoisotopic (exact) mass is 439 g/mol. The van der Waals surface area contributed by atoms with E-state index in [4.69, 9.17) is 10.00 Å². The zero-order valence-electron chi connectivity index (χ0n) is 15.8. The number of fused-ring (bicyclic) bond motifs is 1. The molecule has 2 aliphatic rings. The van der Waals surface area contributed by atoms with Crippen LogP contribution in [0.5, 0.6) is 0 Å². The summed E-state index contributed by atoms with van der Waals surface area (Å²) in [6.07, 6.45) is -0.828. The molecule has 0 bridgehead atoms. The van der Waals surface area contributed by atoms with Gasteiger partial charge in [-0.2, -0.15) is 5.26 Å². The number of imide groups is 1. The van der Waals surface area contributed by atoms with Gasteiger partial charge in [0.05, 0.1) is 35.4 Å². The van der Waals surface area contributed by atoms with Gasteiger partial charge in [0.1, 0.15) is 0 Å². The Labute approximate surface area is 182 Å². The highest BCUT2D eigenvalue weighted by Crippen LogP contribution is 2.32. The smallest absolute Gasteiger partial charge is 0.291 e. The van der Waals surface area contributed by atoms with Crippen molar-refractivity contribution in [2.45, 2.75) is 11.1 Å². The number of hydrogen-bond donors (Lipinski definition) is 0. The molecule has 0 radical (unpaired) electrons. The molecule has 30 heavy (non-hydrogen) atoms. The number of amides is 3. The van der Waals surface area contributed by atoms with Crippen molar-refractivity contribution in [2.24, 2.45) is 0 Å². The molecule has 1 unspecified atom stereocenters. The van der Waals surface area contributed by atoms with E-state index in [0.29, 0.717) is 29.1 Å². The molecular formula is C21H17N3O4S2. The van der Waals surface area contributed by atoms with Gasteiger partial charge in [0, 0.05) is 17.0 Å². The minimum Gasteiger partial charge on any atom is -0.352 e. The number of carbonyl (C=O) groups excluding carboxylic acids is 3. The summed E-state index contributed by atoms with van der Waals surface area (Å²) >= 11 is 2.48. The van der Waals surface area contributed by atoms with Crippen molar-refractivity contribution in [2.75, 3.05) is 24.8 Å². The molecule has 3 amide bonds. The molecule has 7 nitrogen and oxygen atoms in total. The number of rotatable bonds is 6. The Morgan fingerprint density at radius 1 is 1.10 bits per heavy atom. The maximum Gasteiger partial charge on any atom is 0.291 e. The van der Waals surface area contributed by atoms with Crippen LogP contribution in [-0.4, -0.2) is 51.6 Å². The first-order valence-corrected chi connectivity index (χ1v) is 11.2. The van der Waals surface area contributed by atoms with Crippen molar-refractivity contribution in [3.63, 3.8) is 0 Å². The number of nitriles is 1. The summed E-state index contributed by atoms with van der Waals surface area (Å²) in [4.78, 5) is 40.9. The summed E-state index contributed by atoms with van der Waals surface area (Å²) < 4.78 is 5.95. The van der Waals surface area contributed by atoms with Crippen molar-refractivity contribution in [3.05, 3.63) is 65.2 Å². The number of thioether (sulfide) groups is 2. The maximum atomic E-state index is 12.8. The lowest BCUT2D eigenvalue weighted by atomic mass is 10.1. The summed E-state index contributed by atoms with van der Waals surface area (Å²) in [5.74, 6) is 0.116. The van der Waals surface area contributed by atoms with Gasteiger partial charge in [0.25, 0.3) is 11.1 Å². The highest BCUT2D eigenvalue weighted by Gasteiger charge is 2.37. The average molecular weight is 440 g/mol. The summed E-state index contributed by atoms with van der Waals surface area (Å²) in [7, 11) is 0. The summed E-state index contributed by atoms with van der Waals surface area (Å²) in [5.41, 5.74) is 1.64. The van der Waals surface area contributed by atoms with Crippen LogP contribution in [0.25, 0.3) is 0 Å². The molecule has 1 saturated heterocycles. The van der Waals surface area contributed by atoms with E-state index >= 15 is 0 Å². The van der Waals surface area contributed by atoms with E-state index in [2.05, 4.69) is 6.07 Å². The molecule has 9 heteroatoms. The van der Waals surface area contributed by atoms with Gasteiger partial charge in [0.15, 0.2) is 6.23 Å². The van der Waals surface area contributed by atoms with Gasteiger partial charge in [0.2, 0.25) is 5.91 Å². The average Bonchev–Trinajstić information content (AvgIpc) is 3.11. The van der Waals surface area contributed by atoms with Crippen LogP contribution in [0, 0.1) is 11.3 Å². The number of benzene rings is 2. The van der Waals surface area contributed by atoms with Crippen LogP contribution >= 0.6 is 23.5 Å². The van der Waals surface area contributed by atoms with Gasteiger partial charge < -0.3 is 9.64 Å². The number of hydrogen-bond acceptors (Lipinski definition) is 7. The van der Waals surface area contributed by atoms with E-state index in [-0.39, 0.29) is 29.4 Å². The molecule has 0 spiro atoms. The summed E-state index contributed by atoms with van der Waals surface area (Å²) in [6.45, 7) is 0.454. The second-order valence-corrected chi connectivity index (χ2v) is 8.53. The number of carbonyl (C=O) groups is 3. The lowest BCUT2D eigenvalue weighted by Crippen LogP contribution is -2.39. The van der Waals surface area contributed by atoms with Gasteiger partial charge in [-0.05, 0) is 18.2 Å². The molecule has 2 aliphatic heterocycles. The lowest BCUT2D eigenvalue weighted by Gasteiger charge is -2.30. The lowest BCUT2D eigenvalue weighted by molar-refractivity contribution is -0.136. The van der Waals surface area contributed by atoms with E-state index in [1.54, 1.807) is 35.2 Å². The van der Waals surface area contributed by atoms with Crippen LogP contribution in [0.2, 0.25) is 0 Å². The Bertz CT molecular complexity index is 1020. The molecule has 0 saturated carbocycles.